The van der Waals surface area contributed by atoms with E-state index in [1.165, 1.54) is 5.57 Å². The summed E-state index contributed by atoms with van der Waals surface area (Å²) >= 11 is 0. The highest BCUT2D eigenvalue weighted by atomic mass is 16.5. The maximum absolute atomic E-state index is 9.07. The summed E-state index contributed by atoms with van der Waals surface area (Å²) in [6.07, 6.45) is 3.82. The fourth-order valence-corrected chi connectivity index (χ4v) is 1.49. The third-order valence-corrected chi connectivity index (χ3v) is 2.59. The van der Waals surface area contributed by atoms with Crippen LogP contribution in [0.15, 0.2) is 12.2 Å². The molecule has 0 aliphatic heterocycles. The molecule has 1 aliphatic rings. The van der Waals surface area contributed by atoms with Crippen LogP contribution in [0.4, 0.5) is 0 Å². The van der Waals surface area contributed by atoms with Gasteiger partial charge in [0.1, 0.15) is 0 Å². The highest BCUT2D eigenvalue weighted by Gasteiger charge is 2.31. The van der Waals surface area contributed by atoms with Crippen molar-refractivity contribution in [2.45, 2.75) is 31.3 Å². The normalized spacial score (nSPS) is 23.6. The highest BCUT2D eigenvalue weighted by Crippen LogP contribution is 2.32. The molecule has 1 aliphatic carbocycles. The molecular weight excluding hydrogens is 140 g/mol. The molecule has 1 rings (SSSR count). The smallest absolute Gasteiger partial charge is 0.0914 e. The van der Waals surface area contributed by atoms with E-state index in [2.05, 4.69) is 6.58 Å². The first kappa shape index (κ1) is 8.75. The van der Waals surface area contributed by atoms with Crippen molar-refractivity contribution in [3.05, 3.63) is 12.2 Å². The minimum absolute atomic E-state index is 0.136. The summed E-state index contributed by atoms with van der Waals surface area (Å²) in [4.78, 5) is 0. The zero-order valence-electron chi connectivity index (χ0n) is 7.10. The average Bonchev–Trinajstić information content (AvgIpc) is 2.07. The van der Waals surface area contributed by atoms with Crippen molar-refractivity contribution in [2.75, 3.05) is 13.7 Å². The minimum Gasteiger partial charge on any atom is -0.393 e. The zero-order valence-corrected chi connectivity index (χ0v) is 7.10. The van der Waals surface area contributed by atoms with E-state index in [0.717, 1.165) is 25.7 Å². The van der Waals surface area contributed by atoms with Crippen LogP contribution in [0.3, 0.4) is 0 Å². The van der Waals surface area contributed by atoms with E-state index in [9.17, 15) is 0 Å². The SMILES string of the molecule is C=C1CCC(CO)(OC)CC1. The quantitative estimate of drug-likeness (QED) is 0.614. The molecular formula is C9H16O2. The van der Waals surface area contributed by atoms with Gasteiger partial charge in [0.15, 0.2) is 0 Å². The number of ether oxygens (including phenoxy) is 1. The van der Waals surface area contributed by atoms with Crippen LogP contribution in [-0.2, 0) is 4.74 Å². The van der Waals surface area contributed by atoms with Crippen molar-refractivity contribution in [1.82, 2.24) is 0 Å². The second kappa shape index (κ2) is 3.37. The van der Waals surface area contributed by atoms with Crippen LogP contribution in [0, 0.1) is 0 Å². The fraction of sp³-hybridized carbons (Fsp3) is 0.778. The lowest BCUT2D eigenvalue weighted by Gasteiger charge is -2.34. The van der Waals surface area contributed by atoms with Crippen LogP contribution in [0.1, 0.15) is 25.7 Å². The van der Waals surface area contributed by atoms with Crippen LogP contribution in [0.5, 0.6) is 0 Å². The Morgan fingerprint density at radius 3 is 2.45 bits per heavy atom. The van der Waals surface area contributed by atoms with Crippen LogP contribution in [0.2, 0.25) is 0 Å². The minimum atomic E-state index is -0.263. The monoisotopic (exact) mass is 156 g/mol. The van der Waals surface area contributed by atoms with Gasteiger partial charge < -0.3 is 9.84 Å². The topological polar surface area (TPSA) is 29.5 Å². The zero-order chi connectivity index (χ0) is 8.32. The van der Waals surface area contributed by atoms with Crippen LogP contribution < -0.4 is 0 Å². The van der Waals surface area contributed by atoms with Crippen molar-refractivity contribution < 1.29 is 9.84 Å². The number of aliphatic hydroxyl groups is 1. The summed E-state index contributed by atoms with van der Waals surface area (Å²) in [5.41, 5.74) is 1.02. The molecule has 0 aromatic rings. The first-order valence-corrected chi connectivity index (χ1v) is 4.05. The second-order valence-electron chi connectivity index (χ2n) is 3.30. The molecule has 0 heterocycles. The lowest BCUT2D eigenvalue weighted by Crippen LogP contribution is -2.38. The number of rotatable bonds is 2. The fourth-order valence-electron chi connectivity index (χ4n) is 1.49. The molecule has 0 aromatic carbocycles. The molecule has 1 saturated carbocycles. The Morgan fingerprint density at radius 1 is 1.55 bits per heavy atom. The third-order valence-electron chi connectivity index (χ3n) is 2.59. The Labute approximate surface area is 67.9 Å². The van der Waals surface area contributed by atoms with Gasteiger partial charge in [-0.2, -0.15) is 0 Å². The van der Waals surface area contributed by atoms with Gasteiger partial charge in [-0.15, -0.1) is 0 Å². The highest BCUT2D eigenvalue weighted by molar-refractivity contribution is 5.03. The molecule has 0 saturated heterocycles. The van der Waals surface area contributed by atoms with Gasteiger partial charge in [0.2, 0.25) is 0 Å². The molecule has 0 amide bonds. The summed E-state index contributed by atoms with van der Waals surface area (Å²) in [5, 5.41) is 9.07. The average molecular weight is 156 g/mol. The summed E-state index contributed by atoms with van der Waals surface area (Å²) in [7, 11) is 1.67. The van der Waals surface area contributed by atoms with Gasteiger partial charge in [-0.05, 0) is 25.7 Å². The lowest BCUT2D eigenvalue weighted by atomic mass is 9.83. The molecule has 2 nitrogen and oxygen atoms in total. The van der Waals surface area contributed by atoms with Crippen molar-refractivity contribution >= 4 is 0 Å². The van der Waals surface area contributed by atoms with Gasteiger partial charge in [0.25, 0.3) is 0 Å². The number of aliphatic hydroxyl groups excluding tert-OH is 1. The number of methoxy groups -OCH3 is 1. The Balaban J connectivity index is 2.52. The van der Waals surface area contributed by atoms with Crippen LogP contribution >= 0.6 is 0 Å². The molecule has 64 valence electrons. The van der Waals surface area contributed by atoms with E-state index in [4.69, 9.17) is 9.84 Å². The number of hydrogen-bond donors (Lipinski definition) is 1. The van der Waals surface area contributed by atoms with E-state index in [1.54, 1.807) is 7.11 Å². The molecule has 1 N–H and O–H groups in total. The third kappa shape index (κ3) is 1.82. The van der Waals surface area contributed by atoms with Crippen LogP contribution in [-0.4, -0.2) is 24.4 Å². The van der Waals surface area contributed by atoms with Gasteiger partial charge in [0.05, 0.1) is 12.2 Å². The van der Waals surface area contributed by atoms with Gasteiger partial charge in [0, 0.05) is 7.11 Å². The molecule has 0 aromatic heterocycles. The first-order valence-electron chi connectivity index (χ1n) is 4.05. The van der Waals surface area contributed by atoms with E-state index in [-0.39, 0.29) is 12.2 Å². The van der Waals surface area contributed by atoms with Gasteiger partial charge in [-0.25, -0.2) is 0 Å². The Kier molecular flexibility index (Phi) is 2.68. The molecule has 11 heavy (non-hydrogen) atoms. The maximum atomic E-state index is 9.07. The molecule has 1 fully saturated rings. The summed E-state index contributed by atoms with van der Waals surface area (Å²) in [6, 6.07) is 0. The van der Waals surface area contributed by atoms with Gasteiger partial charge in [-0.3, -0.25) is 0 Å². The molecule has 0 atom stereocenters. The Hall–Kier alpha value is -0.340. The molecule has 2 heteroatoms. The second-order valence-corrected chi connectivity index (χ2v) is 3.30. The van der Waals surface area contributed by atoms with Crippen molar-refractivity contribution in [3.8, 4) is 0 Å². The predicted molar refractivity (Wildman–Crippen MR) is 44.4 cm³/mol. The Bertz CT molecular complexity index is 136. The Morgan fingerprint density at radius 2 is 2.09 bits per heavy atom. The first-order chi connectivity index (χ1) is 5.22. The van der Waals surface area contributed by atoms with Crippen molar-refractivity contribution in [1.29, 1.82) is 0 Å². The van der Waals surface area contributed by atoms with E-state index in [0.29, 0.717) is 0 Å². The summed E-state index contributed by atoms with van der Waals surface area (Å²) in [6.45, 7) is 4.05. The van der Waals surface area contributed by atoms with Crippen LogP contribution in [0.25, 0.3) is 0 Å². The van der Waals surface area contributed by atoms with Gasteiger partial charge >= 0.3 is 0 Å². The molecule has 0 radical (unpaired) electrons. The van der Waals surface area contributed by atoms with Gasteiger partial charge in [-0.1, -0.05) is 12.2 Å². The lowest BCUT2D eigenvalue weighted by molar-refractivity contribution is -0.0691. The molecule has 0 unspecified atom stereocenters. The predicted octanol–water partition coefficient (Wildman–Crippen LogP) is 1.49. The van der Waals surface area contributed by atoms with E-state index >= 15 is 0 Å². The standard InChI is InChI=1S/C9H16O2/c1-8-3-5-9(7-10,11-2)6-4-8/h10H,1,3-7H2,2H3. The van der Waals surface area contributed by atoms with Crippen molar-refractivity contribution in [2.24, 2.45) is 0 Å². The summed E-state index contributed by atoms with van der Waals surface area (Å²) < 4.78 is 5.29. The van der Waals surface area contributed by atoms with Crippen molar-refractivity contribution in [3.63, 3.8) is 0 Å². The number of allylic oxidation sites excluding steroid dienone is 1. The summed E-state index contributed by atoms with van der Waals surface area (Å²) in [5.74, 6) is 0. The number of hydrogen-bond acceptors (Lipinski definition) is 2. The molecule has 0 bridgehead atoms. The van der Waals surface area contributed by atoms with E-state index < -0.39 is 0 Å². The maximum Gasteiger partial charge on any atom is 0.0914 e. The van der Waals surface area contributed by atoms with E-state index in [1.807, 2.05) is 0 Å². The largest absolute Gasteiger partial charge is 0.393 e. The molecule has 0 spiro atoms.